The predicted molar refractivity (Wildman–Crippen MR) is 74.2 cm³/mol. The summed E-state index contributed by atoms with van der Waals surface area (Å²) in [7, 11) is 1.25. The summed E-state index contributed by atoms with van der Waals surface area (Å²) in [6.45, 7) is 1.72. The van der Waals surface area contributed by atoms with E-state index in [1.165, 1.54) is 13.2 Å². The number of carbonyl (C=O) groups is 2. The SMILES string of the molecule is COc1c(O)cc2c(c1C(=O)O)C1=C(CO2)C(=O)C[C@@H](C)O1. The van der Waals surface area contributed by atoms with Crippen LogP contribution in [0.4, 0.5) is 0 Å². The van der Waals surface area contributed by atoms with Gasteiger partial charge in [0.15, 0.2) is 17.3 Å². The molecule has 0 radical (unpaired) electrons. The summed E-state index contributed by atoms with van der Waals surface area (Å²) in [6.07, 6.45) is -0.145. The third-order valence-electron chi connectivity index (χ3n) is 3.64. The maximum atomic E-state index is 12.1. The van der Waals surface area contributed by atoms with Crippen LogP contribution in [0.15, 0.2) is 11.6 Å². The molecule has 2 heterocycles. The zero-order valence-corrected chi connectivity index (χ0v) is 12.0. The molecule has 2 aliphatic heterocycles. The number of ketones is 1. The number of carboxylic acids is 1. The quantitative estimate of drug-likeness (QED) is 0.855. The van der Waals surface area contributed by atoms with E-state index < -0.39 is 5.97 Å². The zero-order chi connectivity index (χ0) is 16.0. The summed E-state index contributed by atoms with van der Waals surface area (Å²) in [5.74, 6) is -1.65. The fraction of sp³-hybridized carbons (Fsp3) is 0.333. The lowest BCUT2D eigenvalue weighted by molar-refractivity contribution is -0.118. The van der Waals surface area contributed by atoms with Gasteiger partial charge >= 0.3 is 5.97 Å². The molecule has 0 fully saturated rings. The summed E-state index contributed by atoms with van der Waals surface area (Å²) in [6, 6.07) is 1.26. The van der Waals surface area contributed by atoms with E-state index in [1.807, 2.05) is 0 Å². The molecular formula is C15H14O7. The van der Waals surface area contributed by atoms with Gasteiger partial charge in [-0.2, -0.15) is 0 Å². The molecule has 0 aliphatic carbocycles. The van der Waals surface area contributed by atoms with Gasteiger partial charge in [0.1, 0.15) is 29.8 Å². The van der Waals surface area contributed by atoms with Crippen molar-refractivity contribution < 1.29 is 34.0 Å². The Hall–Kier alpha value is -2.70. The van der Waals surface area contributed by atoms with Gasteiger partial charge in [0.2, 0.25) is 0 Å². The summed E-state index contributed by atoms with van der Waals surface area (Å²) in [4.78, 5) is 23.7. The highest BCUT2D eigenvalue weighted by atomic mass is 16.5. The molecule has 1 aromatic carbocycles. The van der Waals surface area contributed by atoms with Gasteiger partial charge in [0.05, 0.1) is 18.2 Å². The van der Waals surface area contributed by atoms with Crippen LogP contribution in [0.2, 0.25) is 0 Å². The van der Waals surface area contributed by atoms with Crippen molar-refractivity contribution in [3.63, 3.8) is 0 Å². The first kappa shape index (κ1) is 14.2. The molecule has 2 N–H and O–H groups in total. The van der Waals surface area contributed by atoms with Crippen LogP contribution in [0.25, 0.3) is 5.76 Å². The number of hydrogen-bond acceptors (Lipinski definition) is 6. The molecule has 7 heteroatoms. The first-order valence-electron chi connectivity index (χ1n) is 6.67. The number of Topliss-reactive ketones (excluding diaryl/α,β-unsaturated/α-hetero) is 1. The summed E-state index contributed by atoms with van der Waals surface area (Å²) < 4.78 is 16.1. The van der Waals surface area contributed by atoms with Gasteiger partial charge in [-0.1, -0.05) is 0 Å². The van der Waals surface area contributed by atoms with E-state index in [0.717, 1.165) is 0 Å². The summed E-state index contributed by atoms with van der Waals surface area (Å²) in [5.41, 5.74) is 0.149. The van der Waals surface area contributed by atoms with Gasteiger partial charge in [-0.3, -0.25) is 4.79 Å². The van der Waals surface area contributed by atoms with Gasteiger partial charge in [-0.05, 0) is 6.92 Å². The molecule has 7 nitrogen and oxygen atoms in total. The van der Waals surface area contributed by atoms with E-state index >= 15 is 0 Å². The zero-order valence-electron chi connectivity index (χ0n) is 12.0. The number of ether oxygens (including phenoxy) is 3. The van der Waals surface area contributed by atoms with Crippen LogP contribution in [-0.4, -0.2) is 41.8 Å². The summed E-state index contributed by atoms with van der Waals surface area (Å²) >= 11 is 0. The molecule has 0 saturated heterocycles. The lowest BCUT2D eigenvalue weighted by Crippen LogP contribution is -2.29. The van der Waals surface area contributed by atoms with Crippen LogP contribution in [0.3, 0.4) is 0 Å². The number of aromatic carboxylic acids is 1. The fourth-order valence-electron chi connectivity index (χ4n) is 2.71. The Bertz CT molecular complexity index is 717. The Morgan fingerprint density at radius 1 is 1.45 bits per heavy atom. The van der Waals surface area contributed by atoms with E-state index in [9.17, 15) is 19.8 Å². The van der Waals surface area contributed by atoms with E-state index in [2.05, 4.69) is 0 Å². The van der Waals surface area contributed by atoms with Gasteiger partial charge < -0.3 is 24.4 Å². The standard InChI is InChI=1S/C15H14O7/c1-6-3-8(16)7-5-21-10-4-9(17)14(20-2)12(15(18)19)11(10)13(7)22-6/h4,6,17H,3,5H2,1-2H3,(H,18,19)/t6-/m1/s1. The van der Waals surface area contributed by atoms with Crippen molar-refractivity contribution in [3.05, 3.63) is 22.8 Å². The van der Waals surface area contributed by atoms with Crippen LogP contribution in [0, 0.1) is 0 Å². The van der Waals surface area contributed by atoms with Gasteiger partial charge in [0, 0.05) is 12.5 Å². The molecule has 0 bridgehead atoms. The van der Waals surface area contributed by atoms with Crippen LogP contribution < -0.4 is 9.47 Å². The van der Waals surface area contributed by atoms with Crippen molar-refractivity contribution in [2.24, 2.45) is 0 Å². The van der Waals surface area contributed by atoms with Crippen molar-refractivity contribution >= 4 is 17.5 Å². The summed E-state index contributed by atoms with van der Waals surface area (Å²) in [5, 5.41) is 19.4. The van der Waals surface area contributed by atoms with Gasteiger partial charge in [0.25, 0.3) is 0 Å². The van der Waals surface area contributed by atoms with Crippen molar-refractivity contribution in [2.45, 2.75) is 19.4 Å². The number of hydrogen-bond donors (Lipinski definition) is 2. The second-order valence-corrected chi connectivity index (χ2v) is 5.13. The maximum absolute atomic E-state index is 12.1. The third-order valence-corrected chi connectivity index (χ3v) is 3.64. The van der Waals surface area contributed by atoms with E-state index in [4.69, 9.17) is 14.2 Å². The first-order chi connectivity index (χ1) is 10.4. The number of rotatable bonds is 2. The van der Waals surface area contributed by atoms with Crippen molar-refractivity contribution in [2.75, 3.05) is 13.7 Å². The molecule has 0 saturated carbocycles. The Labute approximate surface area is 125 Å². The van der Waals surface area contributed by atoms with Crippen molar-refractivity contribution in [1.82, 2.24) is 0 Å². The van der Waals surface area contributed by atoms with Crippen molar-refractivity contribution in [1.29, 1.82) is 0 Å². The predicted octanol–water partition coefficient (Wildman–Crippen LogP) is 1.58. The van der Waals surface area contributed by atoms with Crippen LogP contribution in [0.1, 0.15) is 29.3 Å². The van der Waals surface area contributed by atoms with Crippen LogP contribution in [0.5, 0.6) is 17.2 Å². The lowest BCUT2D eigenvalue weighted by Gasteiger charge is -2.31. The molecule has 0 amide bonds. The minimum atomic E-state index is -1.31. The van der Waals surface area contributed by atoms with Gasteiger partial charge in [-0.25, -0.2) is 4.79 Å². The maximum Gasteiger partial charge on any atom is 0.340 e. The highest BCUT2D eigenvalue weighted by Crippen LogP contribution is 2.46. The molecule has 0 aromatic heterocycles. The Morgan fingerprint density at radius 2 is 2.18 bits per heavy atom. The molecule has 116 valence electrons. The van der Waals surface area contributed by atoms with Crippen LogP contribution >= 0.6 is 0 Å². The number of benzene rings is 1. The topological polar surface area (TPSA) is 102 Å². The lowest BCUT2D eigenvalue weighted by atomic mass is 9.92. The fourth-order valence-corrected chi connectivity index (χ4v) is 2.71. The molecule has 22 heavy (non-hydrogen) atoms. The average molecular weight is 306 g/mol. The number of methoxy groups -OCH3 is 1. The van der Waals surface area contributed by atoms with Gasteiger partial charge in [-0.15, -0.1) is 0 Å². The van der Waals surface area contributed by atoms with E-state index in [0.29, 0.717) is 5.57 Å². The van der Waals surface area contributed by atoms with E-state index in [1.54, 1.807) is 6.92 Å². The number of carboxylic acid groups (broad SMARTS) is 1. The minimum Gasteiger partial charge on any atom is -0.504 e. The monoisotopic (exact) mass is 306 g/mol. The largest absolute Gasteiger partial charge is 0.504 e. The highest BCUT2D eigenvalue weighted by Gasteiger charge is 2.37. The normalized spacial score (nSPS) is 19.7. The average Bonchev–Trinajstić information content (AvgIpc) is 2.44. The van der Waals surface area contributed by atoms with Crippen LogP contribution in [-0.2, 0) is 9.53 Å². The third kappa shape index (κ3) is 1.97. The molecule has 2 aliphatic rings. The minimum absolute atomic E-state index is 0.0152. The molecule has 3 rings (SSSR count). The number of carbonyl (C=O) groups excluding carboxylic acids is 1. The Morgan fingerprint density at radius 3 is 2.82 bits per heavy atom. The second-order valence-electron chi connectivity index (χ2n) is 5.13. The number of fused-ring (bicyclic) bond motifs is 2. The second kappa shape index (κ2) is 4.94. The first-order valence-corrected chi connectivity index (χ1v) is 6.67. The van der Waals surface area contributed by atoms with E-state index in [-0.39, 0.29) is 59.0 Å². The molecule has 0 unspecified atom stereocenters. The molecular weight excluding hydrogens is 292 g/mol. The highest BCUT2D eigenvalue weighted by molar-refractivity contribution is 6.08. The molecule has 1 atom stereocenters. The molecule has 0 spiro atoms. The Kier molecular flexibility index (Phi) is 3.20. The molecule has 1 aromatic rings. The van der Waals surface area contributed by atoms with Crippen molar-refractivity contribution in [3.8, 4) is 17.2 Å². The number of aromatic hydroxyl groups is 1. The smallest absolute Gasteiger partial charge is 0.340 e. The Balaban J connectivity index is 2.33. The number of phenolic OH excluding ortho intramolecular Hbond substituents is 1. The number of phenols is 1.